The second kappa shape index (κ2) is 6.19. The summed E-state index contributed by atoms with van der Waals surface area (Å²) in [6.07, 6.45) is 0. The minimum absolute atomic E-state index is 0.358. The van der Waals surface area contributed by atoms with Crippen LogP contribution in [0.15, 0.2) is 12.1 Å². The van der Waals surface area contributed by atoms with Crippen molar-refractivity contribution < 1.29 is 18.5 Å². The molecule has 1 atom stereocenters. The molecule has 1 aromatic rings. The SMILES string of the molecule is CNCC(C)C(=O)Nc1cc([N+](=O)[O-])c(F)cc1F. The van der Waals surface area contributed by atoms with E-state index in [1.807, 2.05) is 0 Å². The maximum absolute atomic E-state index is 13.4. The number of benzene rings is 1. The number of nitrogens with zero attached hydrogens (tertiary/aromatic N) is 1. The Bertz CT molecular complexity index is 508. The molecule has 0 saturated heterocycles. The quantitative estimate of drug-likeness (QED) is 0.631. The summed E-state index contributed by atoms with van der Waals surface area (Å²) in [6.45, 7) is 1.96. The van der Waals surface area contributed by atoms with Crippen molar-refractivity contribution in [2.45, 2.75) is 6.92 Å². The van der Waals surface area contributed by atoms with E-state index in [0.717, 1.165) is 0 Å². The third kappa shape index (κ3) is 3.68. The van der Waals surface area contributed by atoms with Crippen LogP contribution in [0.1, 0.15) is 6.92 Å². The molecule has 0 bridgehead atoms. The van der Waals surface area contributed by atoms with Crippen molar-refractivity contribution in [1.82, 2.24) is 5.32 Å². The first-order valence-corrected chi connectivity index (χ1v) is 5.45. The number of hydrogen-bond acceptors (Lipinski definition) is 4. The van der Waals surface area contributed by atoms with Crippen molar-refractivity contribution in [3.05, 3.63) is 33.9 Å². The normalized spacial score (nSPS) is 12.0. The summed E-state index contributed by atoms with van der Waals surface area (Å²) in [5.41, 5.74) is -1.31. The van der Waals surface area contributed by atoms with E-state index in [1.165, 1.54) is 0 Å². The van der Waals surface area contributed by atoms with Gasteiger partial charge in [0.05, 0.1) is 10.6 Å². The Hall–Kier alpha value is -2.09. The molecule has 0 spiro atoms. The van der Waals surface area contributed by atoms with E-state index in [2.05, 4.69) is 10.6 Å². The number of amides is 1. The number of nitro groups is 1. The number of halogens is 2. The Labute approximate surface area is 108 Å². The Balaban J connectivity index is 2.98. The number of anilines is 1. The molecule has 0 radical (unpaired) electrons. The van der Waals surface area contributed by atoms with E-state index < -0.39 is 39.8 Å². The van der Waals surface area contributed by atoms with E-state index in [1.54, 1.807) is 14.0 Å². The van der Waals surface area contributed by atoms with Crippen LogP contribution in [0.25, 0.3) is 0 Å². The van der Waals surface area contributed by atoms with Gasteiger partial charge in [-0.3, -0.25) is 14.9 Å². The van der Waals surface area contributed by atoms with E-state index in [0.29, 0.717) is 18.7 Å². The lowest BCUT2D eigenvalue weighted by atomic mass is 10.1. The molecular weight excluding hydrogens is 260 g/mol. The fourth-order valence-corrected chi connectivity index (χ4v) is 1.43. The van der Waals surface area contributed by atoms with E-state index in [9.17, 15) is 23.7 Å². The topological polar surface area (TPSA) is 84.3 Å². The van der Waals surface area contributed by atoms with Gasteiger partial charge in [-0.2, -0.15) is 4.39 Å². The lowest BCUT2D eigenvalue weighted by molar-refractivity contribution is -0.387. The molecule has 2 N–H and O–H groups in total. The van der Waals surface area contributed by atoms with E-state index >= 15 is 0 Å². The monoisotopic (exact) mass is 273 g/mol. The van der Waals surface area contributed by atoms with Gasteiger partial charge in [-0.15, -0.1) is 0 Å². The summed E-state index contributed by atoms with van der Waals surface area (Å²) in [5, 5.41) is 15.5. The molecular formula is C11H13F2N3O3. The molecule has 1 aromatic carbocycles. The van der Waals surface area contributed by atoms with Gasteiger partial charge in [0.25, 0.3) is 0 Å². The third-order valence-corrected chi connectivity index (χ3v) is 2.45. The molecule has 19 heavy (non-hydrogen) atoms. The van der Waals surface area contributed by atoms with Crippen LogP contribution < -0.4 is 10.6 Å². The summed E-state index contributed by atoms with van der Waals surface area (Å²) < 4.78 is 26.5. The molecule has 0 aliphatic carbocycles. The maximum atomic E-state index is 13.4. The average molecular weight is 273 g/mol. The van der Waals surface area contributed by atoms with Gasteiger partial charge in [0.2, 0.25) is 11.7 Å². The number of carbonyl (C=O) groups excluding carboxylic acids is 1. The summed E-state index contributed by atoms with van der Waals surface area (Å²) in [6, 6.07) is 1.03. The lowest BCUT2D eigenvalue weighted by Crippen LogP contribution is -2.29. The van der Waals surface area contributed by atoms with Gasteiger partial charge in [0.15, 0.2) is 0 Å². The Morgan fingerprint density at radius 1 is 1.42 bits per heavy atom. The van der Waals surface area contributed by atoms with E-state index in [-0.39, 0.29) is 0 Å². The van der Waals surface area contributed by atoms with Crippen LogP contribution in [0, 0.1) is 27.7 Å². The van der Waals surface area contributed by atoms with Crippen LogP contribution in [0.4, 0.5) is 20.2 Å². The summed E-state index contributed by atoms with van der Waals surface area (Å²) >= 11 is 0. The number of nitrogens with one attached hydrogen (secondary N) is 2. The average Bonchev–Trinajstić information content (AvgIpc) is 2.32. The fraction of sp³-hybridized carbons (Fsp3) is 0.364. The zero-order valence-corrected chi connectivity index (χ0v) is 10.4. The standard InChI is InChI=1S/C11H13F2N3O3/c1-6(5-14-2)11(17)15-9-4-10(16(18)19)8(13)3-7(9)12/h3-4,6,14H,5H2,1-2H3,(H,15,17). The second-order valence-electron chi connectivity index (χ2n) is 3.99. The fourth-order valence-electron chi connectivity index (χ4n) is 1.43. The Morgan fingerprint density at radius 2 is 2.05 bits per heavy atom. The molecule has 0 aliphatic rings. The van der Waals surface area contributed by atoms with Gasteiger partial charge >= 0.3 is 5.69 Å². The highest BCUT2D eigenvalue weighted by atomic mass is 19.1. The van der Waals surface area contributed by atoms with Crippen LogP contribution in [-0.2, 0) is 4.79 Å². The second-order valence-corrected chi connectivity index (χ2v) is 3.99. The predicted molar refractivity (Wildman–Crippen MR) is 64.7 cm³/mol. The highest BCUT2D eigenvalue weighted by molar-refractivity contribution is 5.92. The lowest BCUT2D eigenvalue weighted by Gasteiger charge is -2.12. The molecule has 1 unspecified atom stereocenters. The number of nitro benzene ring substituents is 1. The van der Waals surface area contributed by atoms with Crippen LogP contribution in [-0.4, -0.2) is 24.4 Å². The molecule has 0 saturated carbocycles. The van der Waals surface area contributed by atoms with Crippen molar-refractivity contribution in [3.8, 4) is 0 Å². The van der Waals surface area contributed by atoms with Crippen LogP contribution in [0.5, 0.6) is 0 Å². The highest BCUT2D eigenvalue weighted by Crippen LogP contribution is 2.25. The zero-order valence-electron chi connectivity index (χ0n) is 10.4. The van der Waals surface area contributed by atoms with Crippen molar-refractivity contribution in [3.63, 3.8) is 0 Å². The van der Waals surface area contributed by atoms with Gasteiger partial charge in [-0.1, -0.05) is 6.92 Å². The molecule has 8 heteroatoms. The maximum Gasteiger partial charge on any atom is 0.307 e. The molecule has 104 valence electrons. The minimum atomic E-state index is -1.29. The number of carbonyl (C=O) groups is 1. The zero-order chi connectivity index (χ0) is 14.6. The minimum Gasteiger partial charge on any atom is -0.323 e. The van der Waals surface area contributed by atoms with Crippen molar-refractivity contribution in [2.24, 2.45) is 5.92 Å². The summed E-state index contributed by atoms with van der Waals surface area (Å²) in [5.74, 6) is -3.33. The Morgan fingerprint density at radius 3 is 2.58 bits per heavy atom. The van der Waals surface area contributed by atoms with Gasteiger partial charge in [0, 0.05) is 24.6 Å². The molecule has 0 fully saturated rings. The van der Waals surface area contributed by atoms with Crippen molar-refractivity contribution >= 4 is 17.3 Å². The number of hydrogen-bond donors (Lipinski definition) is 2. The van der Waals surface area contributed by atoms with Crippen molar-refractivity contribution in [2.75, 3.05) is 18.9 Å². The summed E-state index contributed by atoms with van der Waals surface area (Å²) in [4.78, 5) is 21.2. The first-order chi connectivity index (χ1) is 8.86. The van der Waals surface area contributed by atoms with Crippen molar-refractivity contribution in [1.29, 1.82) is 0 Å². The molecule has 0 heterocycles. The van der Waals surface area contributed by atoms with E-state index in [4.69, 9.17) is 0 Å². The third-order valence-electron chi connectivity index (χ3n) is 2.45. The van der Waals surface area contributed by atoms with Gasteiger partial charge < -0.3 is 10.6 Å². The molecule has 1 rings (SSSR count). The number of rotatable bonds is 5. The molecule has 0 aromatic heterocycles. The molecule has 6 nitrogen and oxygen atoms in total. The van der Waals surface area contributed by atoms with Gasteiger partial charge in [-0.25, -0.2) is 4.39 Å². The highest BCUT2D eigenvalue weighted by Gasteiger charge is 2.21. The predicted octanol–water partition coefficient (Wildman–Crippen LogP) is 1.67. The first-order valence-electron chi connectivity index (χ1n) is 5.45. The van der Waals surface area contributed by atoms with Crippen LogP contribution in [0.2, 0.25) is 0 Å². The van der Waals surface area contributed by atoms with Gasteiger partial charge in [0.1, 0.15) is 5.82 Å². The first kappa shape index (κ1) is 15.0. The smallest absolute Gasteiger partial charge is 0.307 e. The largest absolute Gasteiger partial charge is 0.323 e. The van der Waals surface area contributed by atoms with Gasteiger partial charge in [-0.05, 0) is 7.05 Å². The van der Waals surface area contributed by atoms with Crippen LogP contribution in [0.3, 0.4) is 0 Å². The summed E-state index contributed by atoms with van der Waals surface area (Å²) in [7, 11) is 1.65. The molecule has 0 aliphatic heterocycles. The Kier molecular flexibility index (Phi) is 4.87. The molecule has 1 amide bonds. The van der Waals surface area contributed by atoms with Crippen LogP contribution >= 0.6 is 0 Å².